The molecule has 0 bridgehead atoms. The number of rotatable bonds is 5. The molecule has 3 heterocycles. The van der Waals surface area contributed by atoms with E-state index in [1.165, 1.54) is 12.1 Å². The number of imidazole rings is 1. The van der Waals surface area contributed by atoms with Crippen LogP contribution >= 0.6 is 0 Å². The number of methoxy groups -OCH3 is 1. The Hall–Kier alpha value is -3.19. The van der Waals surface area contributed by atoms with Gasteiger partial charge in [-0.25, -0.2) is 9.37 Å². The van der Waals surface area contributed by atoms with Crippen molar-refractivity contribution in [2.24, 2.45) is 5.41 Å². The molecule has 3 aromatic rings. The number of carbonyl (C=O) groups is 1. The fourth-order valence-electron chi connectivity index (χ4n) is 5.52. The van der Waals surface area contributed by atoms with Crippen LogP contribution in [-0.2, 0) is 9.53 Å². The molecule has 3 atom stereocenters. The van der Waals surface area contributed by atoms with Crippen LogP contribution in [0.3, 0.4) is 0 Å². The SMILES string of the molecule is COc1cc(C2COCC23CCCN(C(C)c2ccc(F)cc2)C3=O)ccc1-n1cnc(C)c1. The van der Waals surface area contributed by atoms with Crippen LogP contribution in [0.25, 0.3) is 5.69 Å². The van der Waals surface area contributed by atoms with Crippen molar-refractivity contribution in [3.8, 4) is 11.4 Å². The van der Waals surface area contributed by atoms with Crippen molar-refractivity contribution in [3.05, 3.63) is 77.6 Å². The van der Waals surface area contributed by atoms with E-state index in [4.69, 9.17) is 9.47 Å². The molecule has 0 aliphatic carbocycles. The molecule has 5 rings (SSSR count). The number of amides is 1. The zero-order valence-electron chi connectivity index (χ0n) is 19.8. The van der Waals surface area contributed by atoms with Gasteiger partial charge in [0.25, 0.3) is 0 Å². The standard InChI is InChI=1S/C27H30FN3O3/c1-18-14-30(17-29-18)24-10-7-21(13-25(24)33-3)23-15-34-16-27(23)11-4-12-31(26(27)32)19(2)20-5-8-22(28)9-6-20/h5-10,13-14,17,19,23H,4,11-12,15-16H2,1-3H3. The summed E-state index contributed by atoms with van der Waals surface area (Å²) in [7, 11) is 1.66. The van der Waals surface area contributed by atoms with Gasteiger partial charge in [0.05, 0.1) is 49.5 Å². The maximum Gasteiger partial charge on any atom is 0.232 e. The first-order chi connectivity index (χ1) is 16.4. The van der Waals surface area contributed by atoms with Gasteiger partial charge >= 0.3 is 0 Å². The van der Waals surface area contributed by atoms with E-state index in [1.54, 1.807) is 25.6 Å². The lowest BCUT2D eigenvalue weighted by Crippen LogP contribution is -2.52. The molecule has 3 unspecified atom stereocenters. The smallest absolute Gasteiger partial charge is 0.232 e. The van der Waals surface area contributed by atoms with E-state index >= 15 is 0 Å². The molecule has 0 N–H and O–H groups in total. The van der Waals surface area contributed by atoms with E-state index in [0.717, 1.165) is 41.1 Å². The number of aryl methyl sites for hydroxylation is 1. The number of likely N-dealkylation sites (tertiary alicyclic amines) is 1. The summed E-state index contributed by atoms with van der Waals surface area (Å²) in [6.45, 7) is 5.56. The molecule has 6 nitrogen and oxygen atoms in total. The first kappa shape index (κ1) is 22.6. The number of piperidine rings is 1. The zero-order valence-corrected chi connectivity index (χ0v) is 19.8. The van der Waals surface area contributed by atoms with Gasteiger partial charge in [0.1, 0.15) is 11.6 Å². The van der Waals surface area contributed by atoms with E-state index in [0.29, 0.717) is 19.8 Å². The minimum atomic E-state index is -0.606. The molecule has 7 heteroatoms. The lowest BCUT2D eigenvalue weighted by molar-refractivity contribution is -0.150. The number of ether oxygens (including phenoxy) is 2. The largest absolute Gasteiger partial charge is 0.495 e. The maximum atomic E-state index is 14.0. The number of carbonyl (C=O) groups excluding carboxylic acids is 1. The van der Waals surface area contributed by atoms with Crippen LogP contribution in [0, 0.1) is 18.2 Å². The summed E-state index contributed by atoms with van der Waals surface area (Å²) in [5.74, 6) is 0.517. The summed E-state index contributed by atoms with van der Waals surface area (Å²) in [5.41, 5.74) is 3.20. The summed E-state index contributed by atoms with van der Waals surface area (Å²) < 4.78 is 27.1. The summed E-state index contributed by atoms with van der Waals surface area (Å²) in [6, 6.07) is 12.4. The van der Waals surface area contributed by atoms with E-state index in [9.17, 15) is 9.18 Å². The molecule has 178 valence electrons. The molecule has 34 heavy (non-hydrogen) atoms. The highest BCUT2D eigenvalue weighted by Gasteiger charge is 2.54. The Bertz CT molecular complexity index is 1190. The minimum absolute atomic E-state index is 0.0595. The van der Waals surface area contributed by atoms with Gasteiger partial charge in [0, 0.05) is 18.7 Å². The fraction of sp³-hybridized carbons (Fsp3) is 0.407. The van der Waals surface area contributed by atoms with Crippen molar-refractivity contribution < 1.29 is 18.7 Å². The van der Waals surface area contributed by atoms with E-state index < -0.39 is 5.41 Å². The average molecular weight is 464 g/mol. The minimum Gasteiger partial charge on any atom is -0.495 e. The van der Waals surface area contributed by atoms with Crippen LogP contribution in [0.2, 0.25) is 0 Å². The number of hydrogen-bond acceptors (Lipinski definition) is 4. The van der Waals surface area contributed by atoms with Gasteiger partial charge in [-0.2, -0.15) is 0 Å². The van der Waals surface area contributed by atoms with Crippen LogP contribution in [0.1, 0.15) is 48.5 Å². The Morgan fingerprint density at radius 1 is 1.24 bits per heavy atom. The lowest BCUT2D eigenvalue weighted by atomic mass is 9.68. The van der Waals surface area contributed by atoms with Gasteiger partial charge in [-0.1, -0.05) is 18.2 Å². The molecule has 2 aliphatic heterocycles. The van der Waals surface area contributed by atoms with Gasteiger partial charge in [0.2, 0.25) is 5.91 Å². The third-order valence-corrected chi connectivity index (χ3v) is 7.44. The molecule has 1 amide bonds. The molecule has 0 radical (unpaired) electrons. The van der Waals surface area contributed by atoms with Gasteiger partial charge in [0.15, 0.2) is 0 Å². The number of benzene rings is 2. The van der Waals surface area contributed by atoms with Crippen LogP contribution in [0.4, 0.5) is 4.39 Å². The maximum absolute atomic E-state index is 14.0. The highest BCUT2D eigenvalue weighted by Crippen LogP contribution is 2.50. The van der Waals surface area contributed by atoms with Crippen molar-refractivity contribution in [2.75, 3.05) is 26.9 Å². The highest BCUT2D eigenvalue weighted by molar-refractivity contribution is 5.86. The summed E-state index contributed by atoms with van der Waals surface area (Å²) in [6.07, 6.45) is 5.41. The Balaban J connectivity index is 1.46. The first-order valence-electron chi connectivity index (χ1n) is 11.8. The molecule has 1 aromatic heterocycles. The normalized spacial score (nSPS) is 23.5. The van der Waals surface area contributed by atoms with Gasteiger partial charge in [-0.15, -0.1) is 0 Å². The third kappa shape index (κ3) is 3.78. The molecular formula is C27H30FN3O3. The Morgan fingerprint density at radius 3 is 2.74 bits per heavy atom. The molecule has 2 aromatic carbocycles. The quantitative estimate of drug-likeness (QED) is 0.545. The van der Waals surface area contributed by atoms with Crippen LogP contribution in [-0.4, -0.2) is 47.2 Å². The van der Waals surface area contributed by atoms with Gasteiger partial charge < -0.3 is 18.9 Å². The predicted molar refractivity (Wildman–Crippen MR) is 127 cm³/mol. The molecular weight excluding hydrogens is 433 g/mol. The molecule has 2 saturated heterocycles. The second kappa shape index (κ2) is 8.87. The average Bonchev–Trinajstić information content (AvgIpc) is 3.47. The van der Waals surface area contributed by atoms with Crippen molar-refractivity contribution in [1.29, 1.82) is 0 Å². The van der Waals surface area contributed by atoms with Crippen LogP contribution < -0.4 is 4.74 Å². The zero-order chi connectivity index (χ0) is 23.9. The van der Waals surface area contributed by atoms with Crippen LogP contribution in [0.15, 0.2) is 55.0 Å². The number of nitrogens with zero attached hydrogens (tertiary/aromatic N) is 3. The lowest BCUT2D eigenvalue weighted by Gasteiger charge is -2.44. The van der Waals surface area contributed by atoms with Crippen molar-refractivity contribution in [3.63, 3.8) is 0 Å². The van der Waals surface area contributed by atoms with E-state index in [1.807, 2.05) is 41.6 Å². The number of halogens is 1. The second-order valence-corrected chi connectivity index (χ2v) is 9.41. The third-order valence-electron chi connectivity index (χ3n) is 7.44. The summed E-state index contributed by atoms with van der Waals surface area (Å²) in [5, 5.41) is 0. The topological polar surface area (TPSA) is 56.6 Å². The molecule has 0 saturated carbocycles. The summed E-state index contributed by atoms with van der Waals surface area (Å²) in [4.78, 5) is 20.2. The molecule has 1 spiro atoms. The van der Waals surface area contributed by atoms with E-state index in [2.05, 4.69) is 11.1 Å². The van der Waals surface area contributed by atoms with Gasteiger partial charge in [-0.3, -0.25) is 4.79 Å². The van der Waals surface area contributed by atoms with Crippen molar-refractivity contribution >= 4 is 5.91 Å². The van der Waals surface area contributed by atoms with Gasteiger partial charge in [-0.05, 0) is 62.1 Å². The van der Waals surface area contributed by atoms with Crippen LogP contribution in [0.5, 0.6) is 5.75 Å². The first-order valence-corrected chi connectivity index (χ1v) is 11.8. The molecule has 2 fully saturated rings. The number of hydrogen-bond donors (Lipinski definition) is 0. The highest BCUT2D eigenvalue weighted by atomic mass is 19.1. The summed E-state index contributed by atoms with van der Waals surface area (Å²) >= 11 is 0. The molecule has 2 aliphatic rings. The van der Waals surface area contributed by atoms with Crippen molar-refractivity contribution in [1.82, 2.24) is 14.5 Å². The Kier molecular flexibility index (Phi) is 5.90. The Morgan fingerprint density at radius 2 is 2.03 bits per heavy atom. The van der Waals surface area contributed by atoms with E-state index in [-0.39, 0.29) is 23.7 Å². The Labute approximate surface area is 199 Å². The number of aromatic nitrogens is 2. The van der Waals surface area contributed by atoms with Crippen molar-refractivity contribution in [2.45, 2.75) is 38.6 Å². The predicted octanol–water partition coefficient (Wildman–Crippen LogP) is 4.81. The monoisotopic (exact) mass is 463 g/mol. The second-order valence-electron chi connectivity index (χ2n) is 9.41. The fourth-order valence-corrected chi connectivity index (χ4v) is 5.52.